The summed E-state index contributed by atoms with van der Waals surface area (Å²) in [6.07, 6.45) is 3.16. The van der Waals surface area contributed by atoms with Crippen molar-refractivity contribution in [1.29, 1.82) is 0 Å². The monoisotopic (exact) mass is 515 g/mol. The topological polar surface area (TPSA) is 81.8 Å². The Labute approximate surface area is 218 Å². The van der Waals surface area contributed by atoms with Crippen molar-refractivity contribution >= 4 is 23.4 Å². The number of aromatic nitrogens is 2. The van der Waals surface area contributed by atoms with E-state index in [0.29, 0.717) is 49.7 Å². The van der Waals surface area contributed by atoms with E-state index in [1.807, 2.05) is 41.8 Å². The summed E-state index contributed by atoms with van der Waals surface area (Å²) in [5.74, 6) is 0.953. The Bertz CT molecular complexity index is 1050. The van der Waals surface area contributed by atoms with Gasteiger partial charge >= 0.3 is 0 Å². The molecule has 8 nitrogen and oxygen atoms in total. The minimum absolute atomic E-state index is 0.119. The number of likely N-dealkylation sites (tertiary alicyclic amines) is 1. The number of aryl methyl sites for hydroxylation is 2. The minimum Gasteiger partial charge on any atom is -0.493 e. The molecule has 2 amide bonds. The number of carbonyl (C=O) groups excluding carboxylic acids is 2. The number of nitrogens with one attached hydrogen (secondary N) is 1. The number of aromatic amines is 1. The van der Waals surface area contributed by atoms with Gasteiger partial charge in [-0.05, 0) is 63.9 Å². The molecular weight excluding hydrogens is 478 g/mol. The molecule has 2 aromatic rings. The molecule has 4 rings (SSSR count). The van der Waals surface area contributed by atoms with Crippen molar-refractivity contribution in [3.8, 4) is 5.75 Å². The Kier molecular flexibility index (Phi) is 8.57. The van der Waals surface area contributed by atoms with Gasteiger partial charge in [0.2, 0.25) is 11.8 Å². The van der Waals surface area contributed by atoms with Gasteiger partial charge in [0, 0.05) is 68.2 Å². The van der Waals surface area contributed by atoms with E-state index < -0.39 is 5.41 Å². The van der Waals surface area contributed by atoms with Crippen molar-refractivity contribution < 1.29 is 14.3 Å². The third-order valence-electron chi connectivity index (χ3n) is 7.61. The number of carbonyl (C=O) groups is 2. The van der Waals surface area contributed by atoms with Gasteiger partial charge in [-0.1, -0.05) is 17.7 Å². The second-order valence-corrected chi connectivity index (χ2v) is 10.9. The molecule has 9 heteroatoms. The number of benzene rings is 1. The lowest BCUT2D eigenvalue weighted by molar-refractivity contribution is -0.142. The van der Waals surface area contributed by atoms with Gasteiger partial charge in [0.05, 0.1) is 12.3 Å². The van der Waals surface area contributed by atoms with Gasteiger partial charge in [0.25, 0.3) is 0 Å². The van der Waals surface area contributed by atoms with Gasteiger partial charge in [-0.2, -0.15) is 5.10 Å². The van der Waals surface area contributed by atoms with Gasteiger partial charge in [-0.25, -0.2) is 0 Å². The zero-order chi connectivity index (χ0) is 25.7. The number of H-pyrrole nitrogens is 1. The van der Waals surface area contributed by atoms with E-state index >= 15 is 0 Å². The average molecular weight is 516 g/mol. The Morgan fingerprint density at radius 2 is 1.89 bits per heavy atom. The summed E-state index contributed by atoms with van der Waals surface area (Å²) < 4.78 is 6.20. The number of likely N-dealkylation sites (N-methyl/N-ethyl adjacent to an activating group) is 1. The van der Waals surface area contributed by atoms with Crippen LogP contribution in [0.1, 0.15) is 42.6 Å². The van der Waals surface area contributed by atoms with E-state index in [9.17, 15) is 9.59 Å². The lowest BCUT2D eigenvalue weighted by Crippen LogP contribution is -2.53. The molecule has 0 radical (unpaired) electrons. The van der Waals surface area contributed by atoms with Crippen LogP contribution in [-0.4, -0.2) is 89.6 Å². The molecule has 0 bridgehead atoms. The van der Waals surface area contributed by atoms with Crippen molar-refractivity contribution in [1.82, 2.24) is 24.9 Å². The number of ether oxygens (including phenoxy) is 1. The molecule has 0 saturated carbocycles. The summed E-state index contributed by atoms with van der Waals surface area (Å²) >= 11 is 6.16. The molecule has 2 aliphatic heterocycles. The zero-order valence-electron chi connectivity index (χ0n) is 21.7. The number of amides is 2. The van der Waals surface area contributed by atoms with E-state index in [2.05, 4.69) is 22.1 Å². The summed E-state index contributed by atoms with van der Waals surface area (Å²) in [4.78, 5) is 32.8. The highest BCUT2D eigenvalue weighted by atomic mass is 35.5. The molecule has 0 unspecified atom stereocenters. The molecule has 0 aliphatic carbocycles. The molecule has 1 atom stereocenters. The lowest BCUT2D eigenvalue weighted by Gasteiger charge is -2.43. The Morgan fingerprint density at radius 3 is 2.58 bits per heavy atom. The van der Waals surface area contributed by atoms with Crippen molar-refractivity contribution in [3.05, 3.63) is 46.2 Å². The van der Waals surface area contributed by atoms with Gasteiger partial charge in [0.1, 0.15) is 5.75 Å². The smallest absolute Gasteiger partial charge is 0.223 e. The summed E-state index contributed by atoms with van der Waals surface area (Å²) in [6, 6.07) is 7.34. The third-order valence-corrected chi connectivity index (χ3v) is 7.84. The highest BCUT2D eigenvalue weighted by Crippen LogP contribution is 2.36. The number of hydrogen-bond acceptors (Lipinski definition) is 5. The van der Waals surface area contributed by atoms with E-state index in [4.69, 9.17) is 16.3 Å². The summed E-state index contributed by atoms with van der Waals surface area (Å²) in [6.45, 7) is 8.81. The largest absolute Gasteiger partial charge is 0.493 e. The predicted octanol–water partition coefficient (Wildman–Crippen LogP) is 3.46. The number of rotatable bonds is 8. The highest BCUT2D eigenvalue weighted by molar-refractivity contribution is 6.30. The molecule has 196 valence electrons. The fourth-order valence-corrected chi connectivity index (χ4v) is 5.53. The molecular formula is C27H38ClN5O3. The summed E-state index contributed by atoms with van der Waals surface area (Å²) in [7, 11) is 2.08. The number of hydrogen-bond donors (Lipinski definition) is 1. The maximum Gasteiger partial charge on any atom is 0.223 e. The van der Waals surface area contributed by atoms with Crippen LogP contribution in [0.4, 0.5) is 0 Å². The second kappa shape index (κ2) is 11.6. The third kappa shape index (κ3) is 6.59. The van der Waals surface area contributed by atoms with Crippen molar-refractivity contribution in [2.75, 3.05) is 52.9 Å². The Morgan fingerprint density at radius 1 is 1.11 bits per heavy atom. The van der Waals surface area contributed by atoms with Gasteiger partial charge < -0.3 is 19.4 Å². The predicted molar refractivity (Wildman–Crippen MR) is 140 cm³/mol. The Balaban J connectivity index is 1.46. The highest BCUT2D eigenvalue weighted by Gasteiger charge is 2.41. The molecule has 3 heterocycles. The maximum atomic E-state index is 13.4. The van der Waals surface area contributed by atoms with Crippen LogP contribution in [0.3, 0.4) is 0 Å². The first-order valence-corrected chi connectivity index (χ1v) is 13.3. The average Bonchev–Trinajstić information content (AvgIpc) is 3.18. The fourth-order valence-electron chi connectivity index (χ4n) is 5.35. The van der Waals surface area contributed by atoms with Crippen LogP contribution in [0.15, 0.2) is 24.3 Å². The lowest BCUT2D eigenvalue weighted by atomic mass is 9.77. The molecule has 0 spiro atoms. The van der Waals surface area contributed by atoms with Crippen LogP contribution in [0.25, 0.3) is 0 Å². The number of piperazine rings is 1. The minimum atomic E-state index is -0.432. The van der Waals surface area contributed by atoms with E-state index in [0.717, 1.165) is 56.0 Å². The molecule has 1 aromatic carbocycles. The first-order chi connectivity index (χ1) is 17.2. The van der Waals surface area contributed by atoms with Crippen LogP contribution in [0.2, 0.25) is 5.02 Å². The number of piperidine rings is 1. The van der Waals surface area contributed by atoms with Crippen molar-refractivity contribution in [2.45, 2.75) is 46.0 Å². The first-order valence-electron chi connectivity index (χ1n) is 12.9. The van der Waals surface area contributed by atoms with Crippen LogP contribution < -0.4 is 4.74 Å². The van der Waals surface area contributed by atoms with Gasteiger partial charge in [0.15, 0.2) is 0 Å². The first kappa shape index (κ1) is 26.5. The molecule has 36 heavy (non-hydrogen) atoms. The molecule has 1 aromatic heterocycles. The maximum absolute atomic E-state index is 13.4. The van der Waals surface area contributed by atoms with E-state index in [1.54, 1.807) is 6.07 Å². The van der Waals surface area contributed by atoms with Crippen molar-refractivity contribution in [3.63, 3.8) is 0 Å². The second-order valence-electron chi connectivity index (χ2n) is 10.4. The molecule has 1 N–H and O–H groups in total. The van der Waals surface area contributed by atoms with Gasteiger partial charge in [-0.15, -0.1) is 0 Å². The number of nitrogens with zero attached hydrogens (tertiary/aromatic N) is 4. The quantitative estimate of drug-likeness (QED) is 0.582. The normalized spacial score (nSPS) is 21.0. The van der Waals surface area contributed by atoms with Crippen LogP contribution in [0.5, 0.6) is 5.75 Å². The Hall–Kier alpha value is -2.58. The van der Waals surface area contributed by atoms with E-state index in [-0.39, 0.29) is 11.8 Å². The SMILES string of the molecule is Cc1n[nH]c(C)c1CCC(=O)N1CCC[C@](COc2cccc(Cl)c2)(CC(=O)N2CCN(C)CC2)C1. The van der Waals surface area contributed by atoms with Crippen LogP contribution >= 0.6 is 11.6 Å². The standard InChI is InChI=1S/C27H38ClN5O3/c1-20-24(21(2)30-29-20)8-9-25(34)33-11-5-10-27(18-33,19-36-23-7-4-6-22(28)16-23)17-26(35)32-14-12-31(3)13-15-32/h4,6-7,16H,5,8-15,17-19H2,1-3H3,(H,29,30)/t27-/m0/s1. The summed E-state index contributed by atoms with van der Waals surface area (Å²) in [5, 5.41) is 7.86. The van der Waals surface area contributed by atoms with Crippen molar-refractivity contribution in [2.24, 2.45) is 5.41 Å². The molecule has 2 saturated heterocycles. The van der Waals surface area contributed by atoms with E-state index in [1.165, 1.54) is 0 Å². The molecule has 2 aliphatic rings. The summed E-state index contributed by atoms with van der Waals surface area (Å²) in [5.41, 5.74) is 2.64. The number of halogens is 1. The van der Waals surface area contributed by atoms with Gasteiger partial charge in [-0.3, -0.25) is 14.7 Å². The molecule has 2 fully saturated rings. The zero-order valence-corrected chi connectivity index (χ0v) is 22.4. The fraction of sp³-hybridized carbons (Fsp3) is 0.593. The van der Waals surface area contributed by atoms with Crippen LogP contribution in [-0.2, 0) is 16.0 Å². The van der Waals surface area contributed by atoms with Crippen LogP contribution in [0, 0.1) is 19.3 Å².